The summed E-state index contributed by atoms with van der Waals surface area (Å²) in [6.07, 6.45) is 3.93. The Hall–Kier alpha value is -1.61. The molecule has 1 aromatic carbocycles. The lowest BCUT2D eigenvalue weighted by Gasteiger charge is -2.07. The average Bonchev–Trinajstić information content (AvgIpc) is 2.67. The lowest BCUT2D eigenvalue weighted by molar-refractivity contribution is 0.683. The van der Waals surface area contributed by atoms with Crippen LogP contribution in [0.4, 0.5) is 0 Å². The fraction of sp³-hybridized carbons (Fsp3) is 0.308. The van der Waals surface area contributed by atoms with Gasteiger partial charge in [-0.3, -0.25) is 4.68 Å². The van der Waals surface area contributed by atoms with E-state index in [2.05, 4.69) is 36.4 Å². The number of aromatic nitrogens is 2. The fourth-order valence-corrected chi connectivity index (χ4v) is 1.79. The zero-order valence-corrected chi connectivity index (χ0v) is 9.77. The van der Waals surface area contributed by atoms with Gasteiger partial charge in [-0.2, -0.15) is 5.10 Å². The Morgan fingerprint density at radius 2 is 2.12 bits per heavy atom. The first-order valence-electron chi connectivity index (χ1n) is 5.46. The number of rotatable bonds is 3. The summed E-state index contributed by atoms with van der Waals surface area (Å²) >= 11 is 0. The number of nitrogens with zero attached hydrogens (tertiary/aromatic N) is 2. The topological polar surface area (TPSA) is 43.8 Å². The van der Waals surface area contributed by atoms with E-state index in [-0.39, 0.29) is 0 Å². The number of hydrogen-bond donors (Lipinski definition) is 1. The minimum Gasteiger partial charge on any atom is -0.326 e. The number of hydrogen-bond acceptors (Lipinski definition) is 2. The third-order valence-electron chi connectivity index (χ3n) is 2.74. The fourth-order valence-electron chi connectivity index (χ4n) is 1.79. The maximum Gasteiger partial charge on any atom is 0.0662 e. The maximum atomic E-state index is 5.61. The monoisotopic (exact) mass is 215 g/mol. The summed E-state index contributed by atoms with van der Waals surface area (Å²) in [5.41, 5.74) is 10.5. The van der Waals surface area contributed by atoms with E-state index in [1.54, 1.807) is 0 Å². The van der Waals surface area contributed by atoms with Gasteiger partial charge in [-0.05, 0) is 36.1 Å². The van der Waals surface area contributed by atoms with E-state index in [1.807, 2.05) is 17.8 Å². The van der Waals surface area contributed by atoms with Crippen molar-refractivity contribution < 1.29 is 0 Å². The van der Waals surface area contributed by atoms with E-state index in [4.69, 9.17) is 5.73 Å². The second kappa shape index (κ2) is 4.49. The highest BCUT2D eigenvalue weighted by Gasteiger charge is 2.01. The van der Waals surface area contributed by atoms with Crippen molar-refractivity contribution in [3.05, 3.63) is 52.8 Å². The van der Waals surface area contributed by atoms with Crippen molar-refractivity contribution in [1.82, 2.24) is 9.78 Å². The number of aryl methyl sites for hydroxylation is 2. The number of benzene rings is 1. The Bertz CT molecular complexity index is 486. The van der Waals surface area contributed by atoms with E-state index >= 15 is 0 Å². The predicted molar refractivity (Wildman–Crippen MR) is 65.1 cm³/mol. The van der Waals surface area contributed by atoms with Crippen LogP contribution in [0.15, 0.2) is 30.6 Å². The molecule has 0 fully saturated rings. The van der Waals surface area contributed by atoms with Gasteiger partial charge in [0.2, 0.25) is 0 Å². The van der Waals surface area contributed by atoms with Gasteiger partial charge < -0.3 is 5.73 Å². The van der Waals surface area contributed by atoms with Gasteiger partial charge >= 0.3 is 0 Å². The van der Waals surface area contributed by atoms with Crippen LogP contribution >= 0.6 is 0 Å². The largest absolute Gasteiger partial charge is 0.326 e. The Kier molecular flexibility index (Phi) is 3.06. The summed E-state index contributed by atoms with van der Waals surface area (Å²) in [5, 5.41) is 4.29. The van der Waals surface area contributed by atoms with Crippen molar-refractivity contribution in [1.29, 1.82) is 0 Å². The molecule has 0 spiro atoms. The molecule has 0 saturated carbocycles. The average molecular weight is 215 g/mol. The molecule has 0 radical (unpaired) electrons. The summed E-state index contributed by atoms with van der Waals surface area (Å²) in [5.74, 6) is 0. The highest BCUT2D eigenvalue weighted by Crippen LogP contribution is 2.12. The first-order chi connectivity index (χ1) is 7.69. The van der Waals surface area contributed by atoms with E-state index in [0.29, 0.717) is 6.54 Å². The second-order valence-electron chi connectivity index (χ2n) is 4.18. The molecule has 2 N–H and O–H groups in total. The highest BCUT2D eigenvalue weighted by atomic mass is 15.3. The molecular formula is C13H17N3. The minimum atomic E-state index is 0.599. The van der Waals surface area contributed by atoms with E-state index in [0.717, 1.165) is 6.54 Å². The molecule has 0 unspecified atom stereocenters. The zero-order valence-electron chi connectivity index (χ0n) is 9.77. The van der Waals surface area contributed by atoms with Crippen molar-refractivity contribution >= 4 is 0 Å². The van der Waals surface area contributed by atoms with Crippen LogP contribution < -0.4 is 5.73 Å². The SMILES string of the molecule is Cc1cnn(Cc2ccc(CN)cc2C)c1. The van der Waals surface area contributed by atoms with Crippen LogP contribution in [0.2, 0.25) is 0 Å². The van der Waals surface area contributed by atoms with Crippen molar-refractivity contribution in [2.75, 3.05) is 0 Å². The molecule has 84 valence electrons. The normalized spacial score (nSPS) is 10.7. The molecule has 0 aliphatic rings. The smallest absolute Gasteiger partial charge is 0.0662 e. The summed E-state index contributed by atoms with van der Waals surface area (Å²) < 4.78 is 1.96. The predicted octanol–water partition coefficient (Wildman–Crippen LogP) is 2.01. The molecule has 0 amide bonds. The first kappa shape index (κ1) is 10.9. The van der Waals surface area contributed by atoms with Crippen LogP contribution in [0.25, 0.3) is 0 Å². The standard InChI is InChI=1S/C13H17N3/c1-10-7-15-16(8-10)9-13-4-3-12(6-14)5-11(13)2/h3-5,7-8H,6,9,14H2,1-2H3. The maximum absolute atomic E-state index is 5.61. The molecule has 2 rings (SSSR count). The van der Waals surface area contributed by atoms with Gasteiger partial charge in [0.25, 0.3) is 0 Å². The summed E-state index contributed by atoms with van der Waals surface area (Å²) in [4.78, 5) is 0. The minimum absolute atomic E-state index is 0.599. The van der Waals surface area contributed by atoms with E-state index in [9.17, 15) is 0 Å². The van der Waals surface area contributed by atoms with Crippen LogP contribution in [0.5, 0.6) is 0 Å². The lowest BCUT2D eigenvalue weighted by atomic mass is 10.1. The molecule has 0 atom stereocenters. The van der Waals surface area contributed by atoms with Crippen molar-refractivity contribution in [3.8, 4) is 0 Å². The molecule has 1 heterocycles. The molecular weight excluding hydrogens is 198 g/mol. The molecule has 0 aliphatic carbocycles. The molecule has 3 heteroatoms. The van der Waals surface area contributed by atoms with Crippen LogP contribution in [-0.2, 0) is 13.1 Å². The van der Waals surface area contributed by atoms with Crippen molar-refractivity contribution in [2.24, 2.45) is 5.73 Å². The van der Waals surface area contributed by atoms with Gasteiger partial charge in [-0.1, -0.05) is 18.2 Å². The van der Waals surface area contributed by atoms with Crippen molar-refractivity contribution in [2.45, 2.75) is 26.9 Å². The summed E-state index contributed by atoms with van der Waals surface area (Å²) in [6, 6.07) is 6.36. The van der Waals surface area contributed by atoms with E-state index < -0.39 is 0 Å². The van der Waals surface area contributed by atoms with Gasteiger partial charge in [-0.25, -0.2) is 0 Å². The first-order valence-corrected chi connectivity index (χ1v) is 5.46. The Morgan fingerprint density at radius 1 is 1.31 bits per heavy atom. The summed E-state index contributed by atoms with van der Waals surface area (Å²) in [7, 11) is 0. The van der Waals surface area contributed by atoms with Gasteiger partial charge in [0, 0.05) is 12.7 Å². The van der Waals surface area contributed by atoms with Crippen LogP contribution in [0.3, 0.4) is 0 Å². The van der Waals surface area contributed by atoms with Crippen molar-refractivity contribution in [3.63, 3.8) is 0 Å². The zero-order chi connectivity index (χ0) is 11.5. The third-order valence-corrected chi connectivity index (χ3v) is 2.74. The van der Waals surface area contributed by atoms with Gasteiger partial charge in [0.1, 0.15) is 0 Å². The molecule has 3 nitrogen and oxygen atoms in total. The van der Waals surface area contributed by atoms with Gasteiger partial charge in [-0.15, -0.1) is 0 Å². The van der Waals surface area contributed by atoms with Crippen LogP contribution in [0, 0.1) is 13.8 Å². The Balaban J connectivity index is 2.21. The second-order valence-corrected chi connectivity index (χ2v) is 4.18. The lowest BCUT2D eigenvalue weighted by Crippen LogP contribution is -2.03. The molecule has 16 heavy (non-hydrogen) atoms. The highest BCUT2D eigenvalue weighted by molar-refractivity contribution is 5.31. The molecule has 0 saturated heterocycles. The molecule has 0 bridgehead atoms. The number of nitrogens with two attached hydrogens (primary N) is 1. The Morgan fingerprint density at radius 3 is 2.69 bits per heavy atom. The third kappa shape index (κ3) is 2.31. The molecule has 1 aromatic heterocycles. The van der Waals surface area contributed by atoms with Crippen LogP contribution in [0.1, 0.15) is 22.3 Å². The van der Waals surface area contributed by atoms with Gasteiger partial charge in [0.05, 0.1) is 12.7 Å². The molecule has 0 aliphatic heterocycles. The Labute approximate surface area is 95.9 Å². The van der Waals surface area contributed by atoms with E-state index in [1.165, 1.54) is 22.3 Å². The summed E-state index contributed by atoms with van der Waals surface area (Å²) in [6.45, 7) is 5.59. The van der Waals surface area contributed by atoms with Crippen LogP contribution in [-0.4, -0.2) is 9.78 Å². The molecule has 2 aromatic rings. The van der Waals surface area contributed by atoms with Gasteiger partial charge in [0.15, 0.2) is 0 Å². The quantitative estimate of drug-likeness (QED) is 0.851.